The summed E-state index contributed by atoms with van der Waals surface area (Å²) in [5, 5.41) is 44.3. The molecule has 6 atom stereocenters. The lowest BCUT2D eigenvalue weighted by molar-refractivity contribution is -0.142. The van der Waals surface area contributed by atoms with Crippen LogP contribution in [-0.4, -0.2) is 136 Å². The van der Waals surface area contributed by atoms with Gasteiger partial charge in [-0.2, -0.15) is 0 Å². The number of aliphatic hydroxyl groups excluding tert-OH is 1. The predicted molar refractivity (Wildman–Crippen MR) is 260 cm³/mol. The van der Waals surface area contributed by atoms with E-state index in [9.17, 15) is 58.5 Å². The Morgan fingerprint density at radius 3 is 1.86 bits per heavy atom. The number of nitrogens with two attached hydrogens (primary N) is 1. The SMILES string of the molecule is CCCCCCCCCCCCCCCC(=O)N(C)C(CO)C(=O)NC(C)C(=O)NCC(=O)N(C)C1C(=O)NC(C)C(=O)NC(C(=O)NC(C)C(=O)C(N)=O)Cc2ccc(O)c(c2)-c2cc1ccc2O. The van der Waals surface area contributed by atoms with Crippen LogP contribution in [0.25, 0.3) is 11.1 Å². The molecular weight excluding hydrogens is 905 g/mol. The molecule has 8 amide bonds. The van der Waals surface area contributed by atoms with Gasteiger partial charge in [0.2, 0.25) is 47.1 Å². The third-order valence-electron chi connectivity index (χ3n) is 12.5. The Balaban J connectivity index is 1.67. The highest BCUT2D eigenvalue weighted by molar-refractivity contribution is 6.37. The van der Waals surface area contributed by atoms with E-state index < -0.39 is 96.5 Å². The van der Waals surface area contributed by atoms with E-state index in [0.29, 0.717) is 12.0 Å². The first-order chi connectivity index (χ1) is 33.2. The molecular formula is C50H74N8O12. The van der Waals surface area contributed by atoms with Gasteiger partial charge in [0, 0.05) is 38.1 Å². The minimum absolute atomic E-state index is 0.0253. The van der Waals surface area contributed by atoms with E-state index >= 15 is 0 Å². The molecule has 6 unspecified atom stereocenters. The number of nitrogens with zero attached hydrogens (tertiary/aromatic N) is 2. The first kappa shape index (κ1) is 57.7. The number of phenolic OH excluding ortho intramolecular Hbond substituents is 2. The lowest BCUT2D eigenvalue weighted by Crippen LogP contribution is -2.57. The standard InChI is InChI=1S/C50H74N8O12/c1-7-8-9-10-11-12-13-14-15-16-17-18-19-20-41(62)57(5)38(29-59)49(69)54-31(3)46(66)52-28-42(63)58(6)43-34-22-24-40(61)36(27-34)35-25-33(21-23-39(35)60)26-37(56-47(67)32(4)55-50(43)70)48(68)53-30(2)44(64)45(51)65/h21-25,27,30-32,37-38,43,59-61H,7-20,26,28-29H2,1-6H3,(H2,51,65)(H,52,66)(H,53,68)(H,54,69)(H,55,70)(H,56,67). The van der Waals surface area contributed by atoms with E-state index in [4.69, 9.17) is 5.73 Å². The second-order valence-corrected chi connectivity index (χ2v) is 18.1. The van der Waals surface area contributed by atoms with Gasteiger partial charge in [-0.1, -0.05) is 96.1 Å². The summed E-state index contributed by atoms with van der Waals surface area (Å²) in [5.74, 6) is -8.39. The summed E-state index contributed by atoms with van der Waals surface area (Å²) in [6.07, 6.45) is 15.0. The molecule has 0 saturated heterocycles. The van der Waals surface area contributed by atoms with Crippen LogP contribution in [0.5, 0.6) is 11.5 Å². The molecule has 3 rings (SSSR count). The van der Waals surface area contributed by atoms with Crippen molar-refractivity contribution in [1.29, 1.82) is 0 Å². The van der Waals surface area contributed by atoms with Crippen molar-refractivity contribution in [1.82, 2.24) is 36.4 Å². The molecule has 0 radical (unpaired) electrons. The summed E-state index contributed by atoms with van der Waals surface area (Å²) < 4.78 is 0. The zero-order valence-corrected chi connectivity index (χ0v) is 41.4. The Morgan fingerprint density at radius 2 is 1.29 bits per heavy atom. The molecule has 386 valence electrons. The van der Waals surface area contributed by atoms with Gasteiger partial charge in [0.15, 0.2) is 0 Å². The number of phenols is 2. The Labute approximate surface area is 410 Å². The molecule has 70 heavy (non-hydrogen) atoms. The third kappa shape index (κ3) is 17.4. The maximum Gasteiger partial charge on any atom is 0.287 e. The van der Waals surface area contributed by atoms with Crippen LogP contribution in [0.15, 0.2) is 36.4 Å². The van der Waals surface area contributed by atoms with Crippen LogP contribution in [0.1, 0.15) is 135 Å². The number of likely N-dealkylation sites (N-methyl/N-ethyl adjacent to an activating group) is 2. The number of Topliss-reactive ketones (excluding diaryl/α,β-unsaturated/α-hetero) is 1. The van der Waals surface area contributed by atoms with Gasteiger partial charge < -0.3 is 57.4 Å². The molecule has 0 saturated carbocycles. The van der Waals surface area contributed by atoms with Gasteiger partial charge >= 0.3 is 0 Å². The van der Waals surface area contributed by atoms with Gasteiger partial charge in [-0.3, -0.25) is 43.2 Å². The number of benzene rings is 2. The molecule has 20 nitrogen and oxygen atoms in total. The van der Waals surface area contributed by atoms with Gasteiger partial charge in [-0.15, -0.1) is 0 Å². The van der Waals surface area contributed by atoms with Crippen LogP contribution in [0.3, 0.4) is 0 Å². The quantitative estimate of drug-likeness (QED) is 0.0485. The highest BCUT2D eigenvalue weighted by Gasteiger charge is 2.35. The van der Waals surface area contributed by atoms with Gasteiger partial charge in [-0.05, 0) is 62.6 Å². The van der Waals surface area contributed by atoms with Crippen LogP contribution in [0.4, 0.5) is 0 Å². The molecule has 0 aromatic heterocycles. The summed E-state index contributed by atoms with van der Waals surface area (Å²) in [4.78, 5) is 120. The molecule has 0 fully saturated rings. The molecule has 2 aromatic carbocycles. The number of unbranched alkanes of at least 4 members (excludes halogenated alkanes) is 12. The number of fused-ring (bicyclic) bond motifs is 5. The lowest BCUT2D eigenvalue weighted by atomic mass is 9.93. The molecule has 10 N–H and O–H groups in total. The summed E-state index contributed by atoms with van der Waals surface area (Å²) in [6.45, 7) is 4.73. The van der Waals surface area contributed by atoms with E-state index in [1.807, 2.05) is 0 Å². The summed E-state index contributed by atoms with van der Waals surface area (Å²) in [6, 6.07) is 0.00693. The van der Waals surface area contributed by atoms with Crippen molar-refractivity contribution < 1.29 is 58.5 Å². The third-order valence-corrected chi connectivity index (χ3v) is 12.5. The normalized spacial score (nSPS) is 17.0. The maximum atomic E-state index is 14.1. The minimum Gasteiger partial charge on any atom is -0.507 e. The van der Waals surface area contributed by atoms with Crippen molar-refractivity contribution in [2.45, 2.75) is 160 Å². The first-order valence-corrected chi connectivity index (χ1v) is 24.3. The number of carbonyl (C=O) groups excluding carboxylic acids is 9. The second-order valence-electron chi connectivity index (χ2n) is 18.1. The average Bonchev–Trinajstić information content (AvgIpc) is 3.32. The van der Waals surface area contributed by atoms with Crippen LogP contribution in [0.2, 0.25) is 0 Å². The number of primary amides is 1. The van der Waals surface area contributed by atoms with E-state index in [1.54, 1.807) is 0 Å². The Hall–Kier alpha value is -6.57. The first-order valence-electron chi connectivity index (χ1n) is 24.3. The zero-order valence-electron chi connectivity index (χ0n) is 41.4. The number of carbonyl (C=O) groups is 9. The molecule has 20 heteroatoms. The van der Waals surface area contributed by atoms with E-state index in [-0.39, 0.29) is 46.9 Å². The Bertz CT molecular complexity index is 2170. The van der Waals surface area contributed by atoms with Gasteiger partial charge in [-0.25, -0.2) is 0 Å². The van der Waals surface area contributed by atoms with Crippen molar-refractivity contribution in [3.05, 3.63) is 47.5 Å². The van der Waals surface area contributed by atoms with Crippen molar-refractivity contribution in [2.24, 2.45) is 5.73 Å². The summed E-state index contributed by atoms with van der Waals surface area (Å²) in [7, 11) is 2.67. The number of nitrogens with one attached hydrogen (secondary N) is 5. The van der Waals surface area contributed by atoms with Crippen molar-refractivity contribution >= 4 is 53.0 Å². The average molecular weight is 979 g/mol. The predicted octanol–water partition coefficient (Wildman–Crippen LogP) is 2.29. The molecule has 0 spiro atoms. The van der Waals surface area contributed by atoms with Crippen LogP contribution >= 0.6 is 0 Å². The number of hydrogen-bond acceptors (Lipinski definition) is 12. The van der Waals surface area contributed by atoms with Crippen LogP contribution in [-0.2, 0) is 49.6 Å². The van der Waals surface area contributed by atoms with Gasteiger partial charge in [0.25, 0.3) is 5.91 Å². The highest BCUT2D eigenvalue weighted by atomic mass is 16.3. The van der Waals surface area contributed by atoms with E-state index in [2.05, 4.69) is 33.5 Å². The van der Waals surface area contributed by atoms with Crippen LogP contribution < -0.4 is 32.3 Å². The smallest absolute Gasteiger partial charge is 0.287 e. The highest BCUT2D eigenvalue weighted by Crippen LogP contribution is 2.38. The molecule has 2 aromatic rings. The number of hydrogen-bond donors (Lipinski definition) is 9. The van der Waals surface area contributed by atoms with E-state index in [1.165, 1.54) is 123 Å². The maximum absolute atomic E-state index is 14.1. The molecule has 0 aliphatic carbocycles. The van der Waals surface area contributed by atoms with Crippen molar-refractivity contribution in [3.8, 4) is 22.6 Å². The van der Waals surface area contributed by atoms with Gasteiger partial charge in [0.1, 0.15) is 41.7 Å². The van der Waals surface area contributed by atoms with Crippen molar-refractivity contribution in [2.75, 3.05) is 27.2 Å². The number of aromatic hydroxyl groups is 2. The fraction of sp³-hybridized carbons (Fsp3) is 0.580. The monoisotopic (exact) mass is 979 g/mol. The number of amides is 8. The molecule has 1 aliphatic rings. The molecule has 1 heterocycles. The van der Waals surface area contributed by atoms with Crippen LogP contribution in [0, 0.1) is 0 Å². The summed E-state index contributed by atoms with van der Waals surface area (Å²) in [5.41, 5.74) is 5.66. The zero-order chi connectivity index (χ0) is 52.1. The minimum atomic E-state index is -1.53. The fourth-order valence-corrected chi connectivity index (χ4v) is 8.09. The lowest BCUT2D eigenvalue weighted by Gasteiger charge is -2.30. The Morgan fingerprint density at radius 1 is 0.729 bits per heavy atom. The number of ketones is 1. The summed E-state index contributed by atoms with van der Waals surface area (Å²) >= 11 is 0. The second kappa shape index (κ2) is 28.8. The van der Waals surface area contributed by atoms with Crippen molar-refractivity contribution in [3.63, 3.8) is 0 Å². The van der Waals surface area contributed by atoms with Gasteiger partial charge in [0.05, 0.1) is 19.2 Å². The fourth-order valence-electron chi connectivity index (χ4n) is 8.09. The topological polar surface area (TPSA) is 307 Å². The molecule has 1 aliphatic heterocycles. The number of aliphatic hydroxyl groups is 1. The van der Waals surface area contributed by atoms with E-state index in [0.717, 1.165) is 35.5 Å². The Kier molecular flexibility index (Phi) is 23.8. The molecule has 4 bridgehead atoms. The largest absolute Gasteiger partial charge is 0.507 e. The number of rotatable bonds is 26.